The predicted octanol–water partition coefficient (Wildman–Crippen LogP) is 4.93. The summed E-state index contributed by atoms with van der Waals surface area (Å²) in [5.41, 5.74) is 1.46. The van der Waals surface area contributed by atoms with Crippen LogP contribution in [0.25, 0.3) is 6.08 Å². The van der Waals surface area contributed by atoms with Crippen molar-refractivity contribution in [2.24, 2.45) is 0 Å². The lowest BCUT2D eigenvalue weighted by atomic mass is 10.1. The molecule has 6 heteroatoms. The summed E-state index contributed by atoms with van der Waals surface area (Å²) in [5.74, 6) is 1.87. The van der Waals surface area contributed by atoms with Gasteiger partial charge in [0.05, 0.1) is 11.8 Å². The second kappa shape index (κ2) is 8.06. The third-order valence-corrected chi connectivity index (χ3v) is 4.20. The Labute approximate surface area is 156 Å². The molecule has 5 nitrogen and oxygen atoms in total. The van der Waals surface area contributed by atoms with E-state index >= 15 is 0 Å². The number of aromatic nitrogens is 2. The van der Waals surface area contributed by atoms with Gasteiger partial charge in [-0.3, -0.25) is 9.48 Å². The molecule has 0 aliphatic rings. The summed E-state index contributed by atoms with van der Waals surface area (Å²) in [6, 6.07) is 10.7. The molecular weight excluding hydrogens is 352 g/mol. The molecule has 0 bridgehead atoms. The Hall–Kier alpha value is -2.79. The van der Waals surface area contributed by atoms with E-state index in [4.69, 9.17) is 20.8 Å². The van der Waals surface area contributed by atoms with Crippen molar-refractivity contribution < 1.29 is 13.9 Å². The van der Waals surface area contributed by atoms with Gasteiger partial charge in [-0.05, 0) is 62.4 Å². The summed E-state index contributed by atoms with van der Waals surface area (Å²) in [7, 11) is 0. The largest absolute Gasteiger partial charge is 0.486 e. The average molecular weight is 371 g/mol. The van der Waals surface area contributed by atoms with Crippen LogP contribution in [0.15, 0.2) is 53.1 Å². The maximum atomic E-state index is 12.3. The van der Waals surface area contributed by atoms with Crippen LogP contribution < -0.4 is 4.74 Å². The number of ketones is 1. The number of nitrogens with zero attached hydrogens (tertiary/aromatic N) is 2. The first kappa shape index (κ1) is 18.0. The van der Waals surface area contributed by atoms with Crippen molar-refractivity contribution >= 4 is 23.5 Å². The number of benzene rings is 1. The number of rotatable bonds is 7. The Morgan fingerprint density at radius 3 is 2.73 bits per heavy atom. The number of furan rings is 1. The molecule has 26 heavy (non-hydrogen) atoms. The summed E-state index contributed by atoms with van der Waals surface area (Å²) in [5, 5.41) is 4.85. The first-order valence-corrected chi connectivity index (χ1v) is 8.66. The van der Waals surface area contributed by atoms with Crippen LogP contribution in [-0.4, -0.2) is 15.6 Å². The van der Waals surface area contributed by atoms with Crippen molar-refractivity contribution in [3.8, 4) is 5.75 Å². The number of carbonyl (C=O) groups is 1. The van der Waals surface area contributed by atoms with E-state index in [1.54, 1.807) is 47.3 Å². The highest BCUT2D eigenvalue weighted by molar-refractivity contribution is 6.30. The van der Waals surface area contributed by atoms with Crippen LogP contribution in [0.4, 0.5) is 0 Å². The van der Waals surface area contributed by atoms with Gasteiger partial charge in [0.15, 0.2) is 5.78 Å². The van der Waals surface area contributed by atoms with E-state index < -0.39 is 0 Å². The number of allylic oxidation sites excluding steroid dienone is 1. The molecular formula is C20H19ClN2O3. The molecule has 0 atom stereocenters. The Bertz CT molecular complexity index is 923. The molecule has 3 rings (SSSR count). The first-order chi connectivity index (χ1) is 12.6. The molecule has 0 radical (unpaired) electrons. The molecule has 0 aliphatic heterocycles. The number of hydrogen-bond acceptors (Lipinski definition) is 4. The second-order valence-corrected chi connectivity index (χ2v) is 6.14. The van der Waals surface area contributed by atoms with Crippen LogP contribution in [-0.2, 0) is 13.2 Å². The molecule has 0 spiro atoms. The number of ether oxygens (including phenoxy) is 1. The van der Waals surface area contributed by atoms with Gasteiger partial charge in [-0.15, -0.1) is 0 Å². The van der Waals surface area contributed by atoms with Crippen molar-refractivity contribution in [1.29, 1.82) is 0 Å². The zero-order valence-electron chi connectivity index (χ0n) is 14.6. The minimum absolute atomic E-state index is 0.0995. The highest BCUT2D eigenvalue weighted by Gasteiger charge is 2.11. The van der Waals surface area contributed by atoms with Gasteiger partial charge in [0, 0.05) is 17.3 Å². The van der Waals surface area contributed by atoms with Crippen LogP contribution in [0.1, 0.15) is 34.5 Å². The number of carbonyl (C=O) groups excluding carboxylic acids is 1. The van der Waals surface area contributed by atoms with Gasteiger partial charge in [0.25, 0.3) is 0 Å². The van der Waals surface area contributed by atoms with E-state index in [0.717, 1.165) is 12.2 Å². The number of hydrogen-bond donors (Lipinski definition) is 0. The summed E-state index contributed by atoms with van der Waals surface area (Å²) < 4.78 is 13.1. The summed E-state index contributed by atoms with van der Waals surface area (Å²) in [4.78, 5) is 12.3. The second-order valence-electron chi connectivity index (χ2n) is 5.70. The van der Waals surface area contributed by atoms with Crippen LogP contribution >= 0.6 is 11.6 Å². The summed E-state index contributed by atoms with van der Waals surface area (Å²) in [6.45, 7) is 4.90. The van der Waals surface area contributed by atoms with E-state index in [-0.39, 0.29) is 5.78 Å². The minimum atomic E-state index is -0.0995. The molecule has 2 heterocycles. The van der Waals surface area contributed by atoms with E-state index in [2.05, 4.69) is 5.10 Å². The average Bonchev–Trinajstić information content (AvgIpc) is 3.25. The lowest BCUT2D eigenvalue weighted by Crippen LogP contribution is -2.01. The normalized spacial score (nSPS) is 11.2. The van der Waals surface area contributed by atoms with Crippen molar-refractivity contribution in [2.45, 2.75) is 27.0 Å². The zero-order valence-corrected chi connectivity index (χ0v) is 15.4. The highest BCUT2D eigenvalue weighted by Crippen LogP contribution is 2.18. The van der Waals surface area contributed by atoms with Crippen LogP contribution in [0.5, 0.6) is 5.75 Å². The van der Waals surface area contributed by atoms with Crippen molar-refractivity contribution in [3.63, 3.8) is 0 Å². The Morgan fingerprint density at radius 2 is 2.04 bits per heavy atom. The molecule has 0 unspecified atom stereocenters. The predicted molar refractivity (Wildman–Crippen MR) is 100 cm³/mol. The molecule has 0 N–H and O–H groups in total. The topological polar surface area (TPSA) is 57.3 Å². The molecule has 0 fully saturated rings. The molecule has 0 saturated heterocycles. The standard InChI is InChI=1S/C20H19ClN2O3/c1-3-23-14(2)19(12-22-23)20(24)11-10-17-8-9-18(26-17)13-25-16-6-4-15(21)5-7-16/h4-12H,3,13H2,1-2H3/b11-10+. The lowest BCUT2D eigenvalue weighted by molar-refractivity contribution is 0.104. The third-order valence-electron chi connectivity index (χ3n) is 3.94. The molecule has 0 amide bonds. The maximum absolute atomic E-state index is 12.3. The monoisotopic (exact) mass is 370 g/mol. The zero-order chi connectivity index (χ0) is 18.5. The van der Waals surface area contributed by atoms with E-state index in [9.17, 15) is 4.79 Å². The molecule has 0 saturated carbocycles. The van der Waals surface area contributed by atoms with Gasteiger partial charge < -0.3 is 9.15 Å². The van der Waals surface area contributed by atoms with Gasteiger partial charge in [0.1, 0.15) is 23.9 Å². The quantitative estimate of drug-likeness (QED) is 0.437. The fourth-order valence-corrected chi connectivity index (χ4v) is 2.63. The van der Waals surface area contributed by atoms with Gasteiger partial charge >= 0.3 is 0 Å². The van der Waals surface area contributed by atoms with E-state index in [1.165, 1.54) is 6.08 Å². The highest BCUT2D eigenvalue weighted by atomic mass is 35.5. The summed E-state index contributed by atoms with van der Waals surface area (Å²) in [6.07, 6.45) is 4.74. The number of halogens is 1. The molecule has 3 aromatic rings. The van der Waals surface area contributed by atoms with Gasteiger partial charge in [0.2, 0.25) is 0 Å². The van der Waals surface area contributed by atoms with Crippen molar-refractivity contribution in [1.82, 2.24) is 9.78 Å². The van der Waals surface area contributed by atoms with Gasteiger partial charge in [-0.1, -0.05) is 11.6 Å². The number of aryl methyl sites for hydroxylation is 1. The van der Waals surface area contributed by atoms with Crippen molar-refractivity contribution in [2.75, 3.05) is 0 Å². The van der Waals surface area contributed by atoms with Crippen LogP contribution in [0.2, 0.25) is 5.02 Å². The maximum Gasteiger partial charge on any atom is 0.189 e. The molecule has 1 aromatic carbocycles. The Kier molecular flexibility index (Phi) is 5.58. The van der Waals surface area contributed by atoms with Gasteiger partial charge in [-0.2, -0.15) is 5.10 Å². The molecule has 0 aliphatic carbocycles. The van der Waals surface area contributed by atoms with E-state index in [0.29, 0.717) is 34.5 Å². The smallest absolute Gasteiger partial charge is 0.189 e. The Morgan fingerprint density at radius 1 is 1.27 bits per heavy atom. The fourth-order valence-electron chi connectivity index (χ4n) is 2.50. The first-order valence-electron chi connectivity index (χ1n) is 8.28. The minimum Gasteiger partial charge on any atom is -0.486 e. The van der Waals surface area contributed by atoms with Crippen LogP contribution in [0.3, 0.4) is 0 Å². The molecule has 134 valence electrons. The SMILES string of the molecule is CCn1ncc(C(=O)/C=C/c2ccc(COc3ccc(Cl)cc3)o2)c1C. The van der Waals surface area contributed by atoms with E-state index in [1.807, 2.05) is 19.9 Å². The fraction of sp³-hybridized carbons (Fsp3) is 0.200. The Balaban J connectivity index is 1.60. The molecule has 2 aromatic heterocycles. The summed E-state index contributed by atoms with van der Waals surface area (Å²) >= 11 is 5.84. The van der Waals surface area contributed by atoms with Gasteiger partial charge in [-0.25, -0.2) is 0 Å². The van der Waals surface area contributed by atoms with Crippen LogP contribution in [0, 0.1) is 6.92 Å². The third kappa shape index (κ3) is 4.24. The van der Waals surface area contributed by atoms with Crippen molar-refractivity contribution in [3.05, 3.63) is 76.5 Å². The lowest BCUT2D eigenvalue weighted by Gasteiger charge is -2.03.